The maximum Gasteiger partial charge on any atom is 0.413 e. The van der Waals surface area contributed by atoms with Crippen LogP contribution in [0.5, 0.6) is 5.75 Å². The van der Waals surface area contributed by atoms with Crippen molar-refractivity contribution in [3.05, 3.63) is 30.3 Å². The number of rotatable bonds is 2. The van der Waals surface area contributed by atoms with Crippen molar-refractivity contribution in [2.45, 2.75) is 0 Å². The zero-order chi connectivity index (χ0) is 13.3. The van der Waals surface area contributed by atoms with Gasteiger partial charge in [-0.25, -0.2) is 0 Å². The molecule has 0 radical (unpaired) electrons. The van der Waals surface area contributed by atoms with Gasteiger partial charge in [-0.05, 0) is 16.8 Å². The Hall–Kier alpha value is -0.320. The zero-order valence-electron chi connectivity index (χ0n) is 8.37. The van der Waals surface area contributed by atoms with Crippen LogP contribution in [-0.2, 0) is 0 Å². The van der Waals surface area contributed by atoms with E-state index in [4.69, 9.17) is 0 Å². The van der Waals surface area contributed by atoms with E-state index in [1.807, 2.05) is 0 Å². The Morgan fingerprint density at radius 3 is 2.39 bits per heavy atom. The van der Waals surface area contributed by atoms with Gasteiger partial charge in [0.2, 0.25) is 0 Å². The average Bonchev–Trinajstić information content (AvgIpc) is 2.33. The maximum atomic E-state index is 13.4. The van der Waals surface area contributed by atoms with Crippen LogP contribution in [-0.4, -0.2) is 9.27 Å². The molecule has 18 heavy (non-hydrogen) atoms. The van der Waals surface area contributed by atoms with Crippen LogP contribution in [0.15, 0.2) is 34.8 Å². The molecular formula is C6H5F5N3OP3. The van der Waals surface area contributed by atoms with Gasteiger partial charge in [0, 0.05) is 4.60 Å². The summed E-state index contributed by atoms with van der Waals surface area (Å²) in [5.74, 6) is -0.115. The third-order valence-corrected chi connectivity index (χ3v) is 6.56. The second kappa shape index (κ2) is 5.35. The van der Waals surface area contributed by atoms with Gasteiger partial charge in [0.1, 0.15) is 5.75 Å². The van der Waals surface area contributed by atoms with Gasteiger partial charge >= 0.3 is 24.9 Å². The fraction of sp³-hybridized carbons (Fsp3) is 0. The van der Waals surface area contributed by atoms with Crippen LogP contribution in [0.2, 0.25) is 0 Å². The lowest BCUT2D eigenvalue weighted by Crippen LogP contribution is -2.21. The van der Waals surface area contributed by atoms with E-state index in [9.17, 15) is 21.3 Å². The highest BCUT2D eigenvalue weighted by molar-refractivity contribution is 7.77. The molecule has 1 aliphatic heterocycles. The van der Waals surface area contributed by atoms with E-state index < -0.39 is 34.2 Å². The van der Waals surface area contributed by atoms with Crippen molar-refractivity contribution >= 4 is 24.9 Å². The Bertz CT molecular complexity index is 473. The zero-order valence-corrected chi connectivity index (χ0v) is 11.1. The number of hydrogen-bond donors (Lipinski definition) is 0. The van der Waals surface area contributed by atoms with Crippen LogP contribution >= 0.6 is 24.9 Å². The van der Waals surface area contributed by atoms with E-state index >= 15 is 0 Å². The lowest BCUT2D eigenvalue weighted by Gasteiger charge is -2.31. The van der Waals surface area contributed by atoms with Crippen molar-refractivity contribution in [1.82, 2.24) is 9.27 Å². The molecule has 0 spiro atoms. The molecule has 0 aromatic heterocycles. The summed E-state index contributed by atoms with van der Waals surface area (Å²) in [6.45, 7) is 0. The standard InChI is InChI=1S/C6H5F5N3OP3/c7-13-16(8)12-18(10,11)14(17(13)9)15-6-4-2-1-3-5-6/h1-5H. The average molecular weight is 323 g/mol. The Labute approximate surface area is 102 Å². The van der Waals surface area contributed by atoms with Gasteiger partial charge in [0.05, 0.1) is 0 Å². The molecule has 1 aliphatic rings. The number of nitrogens with zero attached hydrogens (tertiary/aromatic N) is 3. The van der Waals surface area contributed by atoms with E-state index in [-0.39, 0.29) is 5.75 Å². The number of halogens is 5. The van der Waals surface area contributed by atoms with Crippen LogP contribution in [0.3, 0.4) is 0 Å². The van der Waals surface area contributed by atoms with E-state index in [1.54, 1.807) is 6.07 Å². The highest BCUT2D eigenvalue weighted by Gasteiger charge is 2.52. The molecule has 0 amide bonds. The fourth-order valence-electron chi connectivity index (χ4n) is 1.03. The molecule has 100 valence electrons. The molecule has 2 unspecified atom stereocenters. The summed E-state index contributed by atoms with van der Waals surface area (Å²) in [7, 11) is -12.9. The van der Waals surface area contributed by atoms with E-state index in [1.165, 1.54) is 24.3 Å². The summed E-state index contributed by atoms with van der Waals surface area (Å²) in [5, 5.41) is 0. The van der Waals surface area contributed by atoms with E-state index in [2.05, 4.69) is 9.35 Å². The molecular weight excluding hydrogens is 318 g/mol. The first-order chi connectivity index (χ1) is 8.42. The summed E-state index contributed by atoms with van der Waals surface area (Å²) in [6.07, 6.45) is 0. The van der Waals surface area contributed by atoms with Crippen molar-refractivity contribution < 1.29 is 26.1 Å². The monoisotopic (exact) mass is 323 g/mol. The van der Waals surface area contributed by atoms with Gasteiger partial charge in [-0.15, -0.1) is 4.48 Å². The number of benzene rings is 1. The normalized spacial score (nSPS) is 28.7. The minimum Gasteiger partial charge on any atom is -0.389 e. The first-order valence-electron chi connectivity index (χ1n) is 4.34. The van der Waals surface area contributed by atoms with Gasteiger partial charge in [0.25, 0.3) is 0 Å². The summed E-state index contributed by atoms with van der Waals surface area (Å²) in [4.78, 5) is 4.56. The maximum absolute atomic E-state index is 13.4. The second-order valence-electron chi connectivity index (χ2n) is 2.92. The van der Waals surface area contributed by atoms with Gasteiger partial charge in [-0.3, -0.25) is 0 Å². The van der Waals surface area contributed by atoms with Crippen molar-refractivity contribution in [3.63, 3.8) is 0 Å². The van der Waals surface area contributed by atoms with Gasteiger partial charge in [-0.2, -0.15) is 21.3 Å². The third kappa shape index (κ3) is 2.81. The smallest absolute Gasteiger partial charge is 0.389 e. The van der Waals surface area contributed by atoms with Crippen molar-refractivity contribution in [2.24, 2.45) is 4.52 Å². The number of para-hydroxylation sites is 1. The van der Waals surface area contributed by atoms with Crippen LogP contribution < -0.4 is 4.84 Å². The SMILES string of the molecule is FN1P(F)N=P(F)(F)N(Oc2ccccc2)P1F. The molecule has 2 atom stereocenters. The summed E-state index contributed by atoms with van der Waals surface area (Å²) in [5.41, 5.74) is 0. The van der Waals surface area contributed by atoms with Crippen LogP contribution in [0, 0.1) is 0 Å². The molecule has 12 heteroatoms. The van der Waals surface area contributed by atoms with Gasteiger partial charge in [0.15, 0.2) is 0 Å². The Morgan fingerprint density at radius 2 is 1.78 bits per heavy atom. The Kier molecular flexibility index (Phi) is 4.19. The predicted octanol–water partition coefficient (Wildman–Crippen LogP) is 5.76. The third-order valence-electron chi connectivity index (χ3n) is 1.73. The Balaban J connectivity index is 2.28. The van der Waals surface area contributed by atoms with E-state index in [0.29, 0.717) is 0 Å². The second-order valence-corrected chi connectivity index (χ2v) is 7.57. The molecule has 0 bridgehead atoms. The fourth-order valence-corrected chi connectivity index (χ4v) is 5.22. The Morgan fingerprint density at radius 1 is 1.17 bits per heavy atom. The molecule has 1 heterocycles. The van der Waals surface area contributed by atoms with Crippen LogP contribution in [0.4, 0.5) is 21.3 Å². The van der Waals surface area contributed by atoms with Crippen molar-refractivity contribution in [3.8, 4) is 5.75 Å². The minimum absolute atomic E-state index is 0.115. The minimum atomic E-state index is -5.50. The first-order valence-corrected chi connectivity index (χ1v) is 8.09. The topological polar surface area (TPSA) is 28.1 Å². The number of hydrogen-bond acceptors (Lipinski definition) is 4. The van der Waals surface area contributed by atoms with Crippen molar-refractivity contribution in [2.75, 3.05) is 0 Å². The lowest BCUT2D eigenvalue weighted by atomic mass is 10.3. The summed E-state index contributed by atoms with van der Waals surface area (Å²) < 4.78 is 66.5. The van der Waals surface area contributed by atoms with Crippen LogP contribution in [0.25, 0.3) is 0 Å². The quantitative estimate of drug-likeness (QED) is 0.393. The predicted molar refractivity (Wildman–Crippen MR) is 59.5 cm³/mol. The largest absolute Gasteiger partial charge is 0.413 e. The molecule has 0 aliphatic carbocycles. The van der Waals surface area contributed by atoms with Crippen molar-refractivity contribution in [1.29, 1.82) is 0 Å². The highest BCUT2D eigenvalue weighted by Crippen LogP contribution is 2.80. The molecule has 0 fully saturated rings. The molecule has 2 rings (SSSR count). The molecule has 1 aromatic rings. The molecule has 0 saturated heterocycles. The lowest BCUT2D eigenvalue weighted by molar-refractivity contribution is 0.0954. The van der Waals surface area contributed by atoms with Gasteiger partial charge < -0.3 is 4.84 Å². The molecule has 4 nitrogen and oxygen atoms in total. The van der Waals surface area contributed by atoms with Crippen LogP contribution in [0.1, 0.15) is 0 Å². The molecule has 0 N–H and O–H groups in total. The highest BCUT2D eigenvalue weighted by atomic mass is 31.3. The molecule has 1 aromatic carbocycles. The first kappa shape index (κ1) is 14.1. The van der Waals surface area contributed by atoms with Gasteiger partial charge in [-0.1, -0.05) is 18.2 Å². The summed E-state index contributed by atoms with van der Waals surface area (Å²) in [6, 6.07) is 7.06. The summed E-state index contributed by atoms with van der Waals surface area (Å²) >= 11 is 0. The van der Waals surface area contributed by atoms with E-state index in [0.717, 1.165) is 0 Å². The molecule has 0 saturated carbocycles.